The number of morpholine rings is 1. The van der Waals surface area contributed by atoms with E-state index in [-0.39, 0.29) is 6.79 Å². The number of anilines is 3. The van der Waals surface area contributed by atoms with Gasteiger partial charge in [0, 0.05) is 45.8 Å². The van der Waals surface area contributed by atoms with Gasteiger partial charge in [0.1, 0.15) is 0 Å². The molecule has 2 aromatic rings. The Morgan fingerprint density at radius 3 is 2.48 bits per heavy atom. The van der Waals surface area contributed by atoms with E-state index in [2.05, 4.69) is 49.2 Å². The zero-order chi connectivity index (χ0) is 21.5. The molecule has 168 valence electrons. The number of aromatic nitrogens is 3. The van der Waals surface area contributed by atoms with E-state index in [1.165, 1.54) is 0 Å². The van der Waals surface area contributed by atoms with Crippen LogP contribution in [0.15, 0.2) is 18.2 Å². The van der Waals surface area contributed by atoms with Crippen molar-refractivity contribution in [3.63, 3.8) is 0 Å². The van der Waals surface area contributed by atoms with Crippen LogP contribution in [0.5, 0.6) is 11.5 Å². The van der Waals surface area contributed by atoms with Crippen LogP contribution in [0.2, 0.25) is 0 Å². The summed E-state index contributed by atoms with van der Waals surface area (Å²) in [6.07, 6.45) is 0. The van der Waals surface area contributed by atoms with Crippen LogP contribution in [0.4, 0.5) is 17.8 Å². The van der Waals surface area contributed by atoms with Crippen LogP contribution in [0.25, 0.3) is 0 Å². The number of hydrogen-bond donors (Lipinski definition) is 2. The maximum absolute atomic E-state index is 5.46. The fourth-order valence-electron chi connectivity index (χ4n) is 3.55. The lowest BCUT2D eigenvalue weighted by Crippen LogP contribution is -2.39. The topological polar surface area (TPSA) is 96.9 Å². The van der Waals surface area contributed by atoms with E-state index in [4.69, 9.17) is 14.2 Å². The number of nitrogens with one attached hydrogen (secondary N) is 2. The molecule has 0 radical (unpaired) electrons. The minimum Gasteiger partial charge on any atom is -0.454 e. The van der Waals surface area contributed by atoms with Crippen LogP contribution < -0.4 is 25.0 Å². The minimum absolute atomic E-state index is 0.270. The van der Waals surface area contributed by atoms with Crippen molar-refractivity contribution in [2.24, 2.45) is 0 Å². The van der Waals surface area contributed by atoms with Crippen molar-refractivity contribution in [3.05, 3.63) is 23.8 Å². The second-order valence-electron chi connectivity index (χ2n) is 7.38. The first-order chi connectivity index (χ1) is 15.2. The van der Waals surface area contributed by atoms with Crippen LogP contribution in [-0.2, 0) is 11.3 Å². The third-order valence-electron chi connectivity index (χ3n) is 5.37. The molecule has 10 nitrogen and oxygen atoms in total. The predicted octanol–water partition coefficient (Wildman–Crippen LogP) is 1.80. The molecule has 0 aliphatic carbocycles. The van der Waals surface area contributed by atoms with Crippen molar-refractivity contribution >= 4 is 17.8 Å². The first-order valence-electron chi connectivity index (χ1n) is 10.9. The number of nitrogens with zero attached hydrogens (tertiary/aromatic N) is 5. The first-order valence-corrected chi connectivity index (χ1v) is 10.9. The molecule has 31 heavy (non-hydrogen) atoms. The normalized spacial score (nSPS) is 15.7. The second-order valence-corrected chi connectivity index (χ2v) is 7.38. The van der Waals surface area contributed by atoms with Gasteiger partial charge in [0.05, 0.1) is 13.2 Å². The Kier molecular flexibility index (Phi) is 7.21. The van der Waals surface area contributed by atoms with Gasteiger partial charge >= 0.3 is 0 Å². The van der Waals surface area contributed by atoms with E-state index in [0.29, 0.717) is 24.4 Å². The quantitative estimate of drug-likeness (QED) is 0.582. The van der Waals surface area contributed by atoms with Gasteiger partial charge in [-0.25, -0.2) is 0 Å². The molecule has 1 saturated heterocycles. The lowest BCUT2D eigenvalue weighted by molar-refractivity contribution is 0.0398. The average Bonchev–Trinajstić information content (AvgIpc) is 3.27. The number of hydrogen-bond acceptors (Lipinski definition) is 10. The monoisotopic (exact) mass is 429 g/mol. The molecule has 1 aromatic heterocycles. The summed E-state index contributed by atoms with van der Waals surface area (Å²) in [6.45, 7) is 11.9. The Morgan fingerprint density at radius 2 is 1.71 bits per heavy atom. The summed E-state index contributed by atoms with van der Waals surface area (Å²) in [4.78, 5) is 18.3. The number of benzene rings is 1. The van der Waals surface area contributed by atoms with Crippen LogP contribution in [0.1, 0.15) is 19.4 Å². The highest BCUT2D eigenvalue weighted by Gasteiger charge is 2.15. The van der Waals surface area contributed by atoms with E-state index in [1.54, 1.807) is 0 Å². The van der Waals surface area contributed by atoms with Crippen molar-refractivity contribution in [3.8, 4) is 11.5 Å². The van der Waals surface area contributed by atoms with Gasteiger partial charge in [-0.3, -0.25) is 4.90 Å². The van der Waals surface area contributed by atoms with Gasteiger partial charge in [0.2, 0.25) is 24.6 Å². The highest BCUT2D eigenvalue weighted by molar-refractivity contribution is 5.47. The molecular formula is C21H31N7O3. The Bertz CT molecular complexity index is 857. The summed E-state index contributed by atoms with van der Waals surface area (Å²) in [6, 6.07) is 5.91. The summed E-state index contributed by atoms with van der Waals surface area (Å²) in [5.41, 5.74) is 1.07. The molecule has 0 amide bonds. The zero-order valence-corrected chi connectivity index (χ0v) is 18.3. The number of ether oxygens (including phenoxy) is 3. The summed E-state index contributed by atoms with van der Waals surface area (Å²) in [5.74, 6) is 3.34. The summed E-state index contributed by atoms with van der Waals surface area (Å²) >= 11 is 0. The maximum atomic E-state index is 5.46. The van der Waals surface area contributed by atoms with Crippen molar-refractivity contribution < 1.29 is 14.2 Å². The standard InChI is InChI=1S/C21H31N7O3/c1-3-28(4-2)21-25-19(22-7-8-27-9-11-29-12-10-27)24-20(26-21)23-14-16-5-6-17-18(13-16)31-15-30-17/h5-6,13H,3-4,7-12,14-15H2,1-2H3,(H2,22,23,24,25,26). The van der Waals surface area contributed by atoms with Gasteiger partial charge in [-0.05, 0) is 31.5 Å². The van der Waals surface area contributed by atoms with Crippen LogP contribution in [0, 0.1) is 0 Å². The molecule has 0 saturated carbocycles. The van der Waals surface area contributed by atoms with Crippen molar-refractivity contribution in [1.29, 1.82) is 0 Å². The Morgan fingerprint density at radius 1 is 0.968 bits per heavy atom. The molecule has 1 fully saturated rings. The zero-order valence-electron chi connectivity index (χ0n) is 18.3. The summed E-state index contributed by atoms with van der Waals surface area (Å²) in [5, 5.41) is 6.68. The summed E-state index contributed by atoms with van der Waals surface area (Å²) < 4.78 is 16.3. The molecular weight excluding hydrogens is 398 g/mol. The molecule has 0 spiro atoms. The van der Waals surface area contributed by atoms with Crippen molar-refractivity contribution in [2.75, 3.05) is 74.8 Å². The molecule has 4 rings (SSSR count). The van der Waals surface area contributed by atoms with Gasteiger partial charge in [0.15, 0.2) is 11.5 Å². The van der Waals surface area contributed by atoms with E-state index in [0.717, 1.165) is 69.5 Å². The second kappa shape index (κ2) is 10.5. The van der Waals surface area contributed by atoms with Gasteiger partial charge in [-0.2, -0.15) is 15.0 Å². The van der Waals surface area contributed by atoms with Gasteiger partial charge in [-0.1, -0.05) is 6.07 Å². The number of rotatable bonds is 10. The van der Waals surface area contributed by atoms with E-state index < -0.39 is 0 Å². The van der Waals surface area contributed by atoms with E-state index in [1.807, 2.05) is 18.2 Å². The first kappa shape index (κ1) is 21.4. The third kappa shape index (κ3) is 5.65. The highest BCUT2D eigenvalue weighted by Crippen LogP contribution is 2.32. The summed E-state index contributed by atoms with van der Waals surface area (Å²) in [7, 11) is 0. The fraction of sp³-hybridized carbons (Fsp3) is 0.571. The molecule has 2 aliphatic heterocycles. The molecule has 0 bridgehead atoms. The fourth-order valence-corrected chi connectivity index (χ4v) is 3.55. The van der Waals surface area contributed by atoms with Crippen LogP contribution >= 0.6 is 0 Å². The molecule has 0 atom stereocenters. The molecule has 2 N–H and O–H groups in total. The van der Waals surface area contributed by atoms with Crippen LogP contribution in [-0.4, -0.2) is 79.1 Å². The maximum Gasteiger partial charge on any atom is 0.231 e. The van der Waals surface area contributed by atoms with Gasteiger partial charge < -0.3 is 29.7 Å². The van der Waals surface area contributed by atoms with Crippen LogP contribution in [0.3, 0.4) is 0 Å². The van der Waals surface area contributed by atoms with E-state index in [9.17, 15) is 0 Å². The lowest BCUT2D eigenvalue weighted by atomic mass is 10.2. The smallest absolute Gasteiger partial charge is 0.231 e. The Balaban J connectivity index is 1.42. The predicted molar refractivity (Wildman–Crippen MR) is 119 cm³/mol. The molecule has 3 heterocycles. The minimum atomic E-state index is 0.270. The highest BCUT2D eigenvalue weighted by atomic mass is 16.7. The van der Waals surface area contributed by atoms with Gasteiger partial charge in [-0.15, -0.1) is 0 Å². The molecule has 10 heteroatoms. The Hall–Kier alpha value is -2.85. The molecule has 0 unspecified atom stereocenters. The largest absolute Gasteiger partial charge is 0.454 e. The van der Waals surface area contributed by atoms with Crippen molar-refractivity contribution in [2.45, 2.75) is 20.4 Å². The van der Waals surface area contributed by atoms with E-state index >= 15 is 0 Å². The van der Waals surface area contributed by atoms with Gasteiger partial charge in [0.25, 0.3) is 0 Å². The van der Waals surface area contributed by atoms with Crippen molar-refractivity contribution in [1.82, 2.24) is 19.9 Å². The SMILES string of the molecule is CCN(CC)c1nc(NCCN2CCOCC2)nc(NCc2ccc3c(c2)OCO3)n1. The lowest BCUT2D eigenvalue weighted by Gasteiger charge is -2.26. The number of fused-ring (bicyclic) bond motifs is 1. The molecule has 1 aromatic carbocycles. The average molecular weight is 430 g/mol. The third-order valence-corrected chi connectivity index (χ3v) is 5.37. The molecule has 2 aliphatic rings. The Labute approximate surface area is 182 Å².